The predicted molar refractivity (Wildman–Crippen MR) is 83.5 cm³/mol. The van der Waals surface area contributed by atoms with Crippen molar-refractivity contribution in [3.63, 3.8) is 0 Å². The summed E-state index contributed by atoms with van der Waals surface area (Å²) in [5.41, 5.74) is -0.390. The number of ether oxygens (including phenoxy) is 1. The molecule has 2 aliphatic rings. The second-order valence-electron chi connectivity index (χ2n) is 5.34. The molecule has 0 fully saturated rings. The maximum absolute atomic E-state index is 12.9. The van der Waals surface area contributed by atoms with E-state index in [1.165, 1.54) is 17.2 Å². The number of hydrogen-bond donors (Lipinski definition) is 1. The zero-order chi connectivity index (χ0) is 16.6. The lowest BCUT2D eigenvalue weighted by Gasteiger charge is -2.31. The van der Waals surface area contributed by atoms with Crippen LogP contribution >= 0.6 is 0 Å². The Bertz CT molecular complexity index is 753. The van der Waals surface area contributed by atoms with E-state index in [0.717, 1.165) is 0 Å². The van der Waals surface area contributed by atoms with Crippen molar-refractivity contribution in [3.8, 4) is 0 Å². The van der Waals surface area contributed by atoms with Gasteiger partial charge in [-0.05, 0) is 24.6 Å². The van der Waals surface area contributed by atoms with Crippen LogP contribution in [0.25, 0.3) is 0 Å². The lowest BCUT2D eigenvalue weighted by Crippen LogP contribution is -2.59. The average molecular weight is 312 g/mol. The van der Waals surface area contributed by atoms with E-state index in [2.05, 4.69) is 11.9 Å². The van der Waals surface area contributed by atoms with Crippen LogP contribution in [-0.2, 0) is 14.3 Å². The number of amides is 2. The van der Waals surface area contributed by atoms with Crippen LogP contribution in [-0.4, -0.2) is 34.8 Å². The first-order valence-electron chi connectivity index (χ1n) is 7.29. The molecule has 2 heterocycles. The number of carbonyl (C=O) groups excluding carboxylic acids is 3. The molecule has 0 aliphatic carbocycles. The van der Waals surface area contributed by atoms with E-state index in [1.807, 2.05) is 0 Å². The number of nitrogens with zero attached hydrogens (tertiary/aromatic N) is 1. The fourth-order valence-corrected chi connectivity index (χ4v) is 2.90. The Labute approximate surface area is 133 Å². The van der Waals surface area contributed by atoms with Gasteiger partial charge >= 0.3 is 5.97 Å². The average Bonchev–Trinajstić information content (AvgIpc) is 2.92. The summed E-state index contributed by atoms with van der Waals surface area (Å²) >= 11 is 0. The molecular weight excluding hydrogens is 296 g/mol. The molecule has 0 aromatic heterocycles. The van der Waals surface area contributed by atoms with Crippen LogP contribution in [0, 0.1) is 0 Å². The summed E-state index contributed by atoms with van der Waals surface area (Å²) in [7, 11) is 0. The van der Waals surface area contributed by atoms with Crippen molar-refractivity contribution >= 4 is 23.5 Å². The molecule has 2 aliphatic heterocycles. The number of para-hydroxylation sites is 1. The van der Waals surface area contributed by atoms with Gasteiger partial charge < -0.3 is 10.1 Å². The molecule has 23 heavy (non-hydrogen) atoms. The summed E-state index contributed by atoms with van der Waals surface area (Å²) < 4.78 is 5.09. The van der Waals surface area contributed by atoms with E-state index >= 15 is 0 Å². The zero-order valence-corrected chi connectivity index (χ0v) is 12.7. The van der Waals surface area contributed by atoms with Gasteiger partial charge in [0, 0.05) is 12.6 Å². The Hall–Kier alpha value is -2.89. The van der Waals surface area contributed by atoms with Crippen molar-refractivity contribution in [2.45, 2.75) is 18.9 Å². The second kappa shape index (κ2) is 5.39. The Morgan fingerprint density at radius 1 is 1.43 bits per heavy atom. The number of nitrogens with one attached hydrogen (secondary N) is 1. The quantitative estimate of drug-likeness (QED) is 0.683. The lowest BCUT2D eigenvalue weighted by atomic mass is 9.92. The summed E-state index contributed by atoms with van der Waals surface area (Å²) in [6.07, 6.45) is 3.07. The third-order valence-electron chi connectivity index (χ3n) is 4.04. The smallest absolute Gasteiger partial charge is 0.342 e. The normalized spacial score (nSPS) is 22.5. The molecule has 6 nitrogen and oxygen atoms in total. The summed E-state index contributed by atoms with van der Waals surface area (Å²) in [6, 6.07) is 6.66. The lowest BCUT2D eigenvalue weighted by molar-refractivity contribution is -0.157. The summed E-state index contributed by atoms with van der Waals surface area (Å²) in [6.45, 7) is 5.44. The minimum absolute atomic E-state index is 0.0426. The molecule has 0 saturated heterocycles. The Morgan fingerprint density at radius 3 is 2.87 bits per heavy atom. The van der Waals surface area contributed by atoms with E-state index < -0.39 is 23.3 Å². The van der Waals surface area contributed by atoms with Crippen LogP contribution in [0.15, 0.2) is 48.7 Å². The summed E-state index contributed by atoms with van der Waals surface area (Å²) in [5.74, 6) is -1.75. The number of benzene rings is 1. The van der Waals surface area contributed by atoms with Gasteiger partial charge in [-0.2, -0.15) is 0 Å². The second-order valence-corrected chi connectivity index (χ2v) is 5.34. The van der Waals surface area contributed by atoms with Crippen molar-refractivity contribution in [1.29, 1.82) is 0 Å². The van der Waals surface area contributed by atoms with Crippen molar-refractivity contribution in [3.05, 3.63) is 54.3 Å². The molecule has 1 unspecified atom stereocenters. The Balaban J connectivity index is 2.19. The first kappa shape index (κ1) is 15.0. The van der Waals surface area contributed by atoms with Crippen molar-refractivity contribution in [2.24, 2.45) is 0 Å². The molecule has 1 aromatic carbocycles. The Morgan fingerprint density at radius 2 is 2.17 bits per heavy atom. The molecule has 1 atom stereocenters. The van der Waals surface area contributed by atoms with Gasteiger partial charge in [0.2, 0.25) is 5.54 Å². The van der Waals surface area contributed by atoms with E-state index in [0.29, 0.717) is 16.8 Å². The van der Waals surface area contributed by atoms with E-state index in [4.69, 9.17) is 4.74 Å². The van der Waals surface area contributed by atoms with Crippen molar-refractivity contribution < 1.29 is 19.1 Å². The van der Waals surface area contributed by atoms with Crippen LogP contribution in [0.4, 0.5) is 5.69 Å². The van der Waals surface area contributed by atoms with Gasteiger partial charge in [-0.3, -0.25) is 14.5 Å². The van der Waals surface area contributed by atoms with Gasteiger partial charge in [-0.15, -0.1) is 0 Å². The molecule has 0 radical (unpaired) electrons. The minimum atomic E-state index is -1.73. The molecule has 1 aromatic rings. The van der Waals surface area contributed by atoms with Gasteiger partial charge in [0.15, 0.2) is 0 Å². The van der Waals surface area contributed by atoms with Crippen LogP contribution in [0.5, 0.6) is 0 Å². The number of esters is 1. The zero-order valence-electron chi connectivity index (χ0n) is 12.7. The number of allylic oxidation sites excluding steroid dienone is 1. The SMILES string of the molecule is C=CC1=CN2C(=O)c3ccccc3NC(=O)C2(C(=O)OCC)C1. The first-order valence-corrected chi connectivity index (χ1v) is 7.29. The molecule has 118 valence electrons. The van der Waals surface area contributed by atoms with Crippen LogP contribution in [0.3, 0.4) is 0 Å². The predicted octanol–water partition coefficient (Wildman–Crippen LogP) is 1.86. The Kier molecular flexibility index (Phi) is 3.52. The molecule has 0 saturated carbocycles. The number of rotatable bonds is 3. The highest BCUT2D eigenvalue weighted by Gasteiger charge is 2.58. The monoisotopic (exact) mass is 312 g/mol. The van der Waals surface area contributed by atoms with Gasteiger partial charge in [-0.25, -0.2) is 4.79 Å². The van der Waals surface area contributed by atoms with Gasteiger partial charge in [0.05, 0.1) is 17.9 Å². The van der Waals surface area contributed by atoms with Crippen LogP contribution < -0.4 is 5.32 Å². The van der Waals surface area contributed by atoms with Crippen molar-refractivity contribution in [1.82, 2.24) is 4.90 Å². The topological polar surface area (TPSA) is 75.7 Å². The summed E-state index contributed by atoms with van der Waals surface area (Å²) in [4.78, 5) is 39.5. The standard InChI is InChI=1S/C17H16N2O4/c1-3-11-9-17(16(22)23-4-2)15(21)18-13-8-6-5-7-12(13)14(20)19(17)10-11/h3,5-8,10H,1,4,9H2,2H3,(H,18,21). The first-order chi connectivity index (χ1) is 11.0. The van der Waals surface area contributed by atoms with E-state index in [-0.39, 0.29) is 13.0 Å². The molecule has 6 heteroatoms. The third kappa shape index (κ3) is 2.06. The number of hydrogen-bond acceptors (Lipinski definition) is 4. The number of fused-ring (bicyclic) bond motifs is 2. The molecular formula is C17H16N2O4. The highest BCUT2D eigenvalue weighted by molar-refractivity contribution is 6.21. The maximum atomic E-state index is 12.9. The van der Waals surface area contributed by atoms with Crippen molar-refractivity contribution in [2.75, 3.05) is 11.9 Å². The summed E-state index contributed by atoms with van der Waals surface area (Å²) in [5, 5.41) is 2.68. The van der Waals surface area contributed by atoms with Gasteiger partial charge in [0.25, 0.3) is 11.8 Å². The molecule has 2 amide bonds. The van der Waals surface area contributed by atoms with E-state index in [9.17, 15) is 14.4 Å². The minimum Gasteiger partial charge on any atom is -0.464 e. The number of anilines is 1. The third-order valence-corrected chi connectivity index (χ3v) is 4.04. The molecule has 0 bridgehead atoms. The van der Waals surface area contributed by atoms with E-state index in [1.54, 1.807) is 31.2 Å². The fraction of sp³-hybridized carbons (Fsp3) is 0.235. The van der Waals surface area contributed by atoms with Crippen LogP contribution in [0.2, 0.25) is 0 Å². The van der Waals surface area contributed by atoms with Gasteiger partial charge in [-0.1, -0.05) is 24.8 Å². The van der Waals surface area contributed by atoms with Crippen LogP contribution in [0.1, 0.15) is 23.7 Å². The highest BCUT2D eigenvalue weighted by atomic mass is 16.5. The fourth-order valence-electron chi connectivity index (χ4n) is 2.90. The largest absolute Gasteiger partial charge is 0.464 e. The molecule has 1 N–H and O–H groups in total. The molecule has 3 rings (SSSR count). The van der Waals surface area contributed by atoms with Gasteiger partial charge in [0.1, 0.15) is 0 Å². The maximum Gasteiger partial charge on any atom is 0.342 e. The highest BCUT2D eigenvalue weighted by Crippen LogP contribution is 2.39. The number of carbonyl (C=O) groups is 3. The molecule has 0 spiro atoms.